The molecule has 0 bridgehead atoms. The van der Waals surface area contributed by atoms with Crippen molar-refractivity contribution in [3.05, 3.63) is 0 Å². The highest BCUT2D eigenvalue weighted by atomic mass is 79.9. The second kappa shape index (κ2) is 6.17. The van der Waals surface area contributed by atoms with Crippen molar-refractivity contribution in [1.29, 1.82) is 0 Å². The van der Waals surface area contributed by atoms with Crippen LogP contribution in [0.3, 0.4) is 0 Å². The fourth-order valence-corrected chi connectivity index (χ4v) is 1.55. The Labute approximate surface area is 72.3 Å². The van der Waals surface area contributed by atoms with Gasteiger partial charge in [-0.3, -0.25) is 0 Å². The Bertz CT molecular complexity index is 75.7. The Kier molecular flexibility index (Phi) is 6.44. The Morgan fingerprint density at radius 3 is 2.20 bits per heavy atom. The summed E-state index contributed by atoms with van der Waals surface area (Å²) >= 11 is 3.62. The normalized spacial score (nSPS) is 16.8. The van der Waals surface area contributed by atoms with Gasteiger partial charge in [0.05, 0.1) is 6.61 Å². The molecular weight excluding hydrogens is 192 g/mol. The molecule has 0 aliphatic heterocycles. The number of halogens is 1. The molecule has 0 fully saturated rings. The van der Waals surface area contributed by atoms with Gasteiger partial charge >= 0.3 is 0 Å². The zero-order valence-corrected chi connectivity index (χ0v) is 8.65. The maximum Gasteiger partial charge on any atom is 0.0501 e. The molecule has 62 valence electrons. The third-order valence-electron chi connectivity index (χ3n) is 1.81. The van der Waals surface area contributed by atoms with Crippen LogP contribution in [0.25, 0.3) is 0 Å². The first kappa shape index (κ1) is 10.4. The summed E-state index contributed by atoms with van der Waals surface area (Å²) in [5.74, 6) is 0.676. The lowest BCUT2D eigenvalue weighted by molar-refractivity contribution is 0.149. The average molecular weight is 209 g/mol. The van der Waals surface area contributed by atoms with Gasteiger partial charge in [0, 0.05) is 11.9 Å². The molecule has 0 aliphatic carbocycles. The Morgan fingerprint density at radius 2 is 1.90 bits per heavy atom. The van der Waals surface area contributed by atoms with Gasteiger partial charge < -0.3 is 4.74 Å². The van der Waals surface area contributed by atoms with Crippen molar-refractivity contribution in [1.82, 2.24) is 0 Å². The molecule has 1 nitrogen and oxygen atoms in total. The summed E-state index contributed by atoms with van der Waals surface area (Å²) in [6.45, 7) is 5.27. The molecule has 2 atom stereocenters. The summed E-state index contributed by atoms with van der Waals surface area (Å²) in [4.78, 5) is 0.623. The molecule has 0 amide bonds. The van der Waals surface area contributed by atoms with Crippen LogP contribution in [0.4, 0.5) is 0 Å². The van der Waals surface area contributed by atoms with E-state index in [1.165, 1.54) is 12.8 Å². The van der Waals surface area contributed by atoms with Crippen LogP contribution in [0.15, 0.2) is 0 Å². The summed E-state index contributed by atoms with van der Waals surface area (Å²) in [5, 5.41) is 0. The lowest BCUT2D eigenvalue weighted by Gasteiger charge is -2.18. The molecule has 2 unspecified atom stereocenters. The van der Waals surface area contributed by atoms with Crippen LogP contribution in [-0.2, 0) is 4.74 Å². The zero-order chi connectivity index (χ0) is 7.98. The van der Waals surface area contributed by atoms with Gasteiger partial charge in [0.2, 0.25) is 0 Å². The van der Waals surface area contributed by atoms with Crippen LogP contribution in [0.2, 0.25) is 0 Å². The maximum atomic E-state index is 5.09. The number of ether oxygens (including phenoxy) is 1. The monoisotopic (exact) mass is 208 g/mol. The average Bonchev–Trinajstić information content (AvgIpc) is 1.99. The third kappa shape index (κ3) is 3.57. The van der Waals surface area contributed by atoms with E-state index in [0.29, 0.717) is 10.7 Å². The summed E-state index contributed by atoms with van der Waals surface area (Å²) in [5.41, 5.74) is 0. The Balaban J connectivity index is 3.56. The van der Waals surface area contributed by atoms with Crippen LogP contribution in [0, 0.1) is 5.92 Å². The standard InChI is InChI=1S/C8H17BrO/c1-4-7(6-10-3)8(9)5-2/h7-8H,4-6H2,1-3H3. The SMILES string of the molecule is CCC(Br)C(CC)COC. The molecule has 0 rings (SSSR count). The van der Waals surface area contributed by atoms with Gasteiger partial charge in [-0.15, -0.1) is 0 Å². The first-order chi connectivity index (χ1) is 4.76. The van der Waals surface area contributed by atoms with Crippen LogP contribution in [0.1, 0.15) is 26.7 Å². The van der Waals surface area contributed by atoms with Gasteiger partial charge in [-0.1, -0.05) is 36.2 Å². The maximum absolute atomic E-state index is 5.09. The van der Waals surface area contributed by atoms with Gasteiger partial charge in [-0.25, -0.2) is 0 Å². The van der Waals surface area contributed by atoms with E-state index < -0.39 is 0 Å². The van der Waals surface area contributed by atoms with E-state index in [9.17, 15) is 0 Å². The van der Waals surface area contributed by atoms with Crippen LogP contribution >= 0.6 is 15.9 Å². The molecular formula is C8H17BrO. The minimum Gasteiger partial charge on any atom is -0.384 e. The second-order valence-electron chi connectivity index (χ2n) is 2.55. The van der Waals surface area contributed by atoms with Crippen LogP contribution in [0.5, 0.6) is 0 Å². The van der Waals surface area contributed by atoms with Gasteiger partial charge in [-0.2, -0.15) is 0 Å². The molecule has 0 saturated heterocycles. The first-order valence-corrected chi connectivity index (χ1v) is 4.80. The van der Waals surface area contributed by atoms with Crippen molar-refractivity contribution in [2.75, 3.05) is 13.7 Å². The first-order valence-electron chi connectivity index (χ1n) is 3.89. The summed E-state index contributed by atoms with van der Waals surface area (Å²) < 4.78 is 5.09. The van der Waals surface area contributed by atoms with Gasteiger partial charge in [0.15, 0.2) is 0 Å². The summed E-state index contributed by atoms with van der Waals surface area (Å²) in [6, 6.07) is 0. The number of methoxy groups -OCH3 is 1. The van der Waals surface area contributed by atoms with E-state index in [2.05, 4.69) is 29.8 Å². The van der Waals surface area contributed by atoms with Crippen LogP contribution < -0.4 is 0 Å². The van der Waals surface area contributed by atoms with Crippen LogP contribution in [-0.4, -0.2) is 18.5 Å². The fourth-order valence-electron chi connectivity index (χ4n) is 1.03. The van der Waals surface area contributed by atoms with E-state index in [1.807, 2.05) is 0 Å². The Hall–Kier alpha value is 0.440. The summed E-state index contributed by atoms with van der Waals surface area (Å²) in [6.07, 6.45) is 2.37. The molecule has 0 radical (unpaired) electrons. The highest BCUT2D eigenvalue weighted by molar-refractivity contribution is 9.09. The predicted molar refractivity (Wildman–Crippen MR) is 48.7 cm³/mol. The zero-order valence-electron chi connectivity index (χ0n) is 7.06. The van der Waals surface area contributed by atoms with E-state index in [0.717, 1.165) is 6.61 Å². The molecule has 0 aliphatic rings. The van der Waals surface area contributed by atoms with Crippen molar-refractivity contribution in [3.63, 3.8) is 0 Å². The topological polar surface area (TPSA) is 9.23 Å². The smallest absolute Gasteiger partial charge is 0.0501 e. The molecule has 0 N–H and O–H groups in total. The minimum atomic E-state index is 0.623. The number of alkyl halides is 1. The molecule has 10 heavy (non-hydrogen) atoms. The third-order valence-corrected chi connectivity index (χ3v) is 3.20. The van der Waals surface area contributed by atoms with Gasteiger partial charge in [0.25, 0.3) is 0 Å². The number of hydrogen-bond donors (Lipinski definition) is 0. The second-order valence-corrected chi connectivity index (χ2v) is 3.72. The molecule has 0 aromatic rings. The molecule has 0 heterocycles. The molecule has 0 aromatic heterocycles. The Morgan fingerprint density at radius 1 is 1.30 bits per heavy atom. The minimum absolute atomic E-state index is 0.623. The van der Waals surface area contributed by atoms with Gasteiger partial charge in [-0.05, 0) is 12.3 Å². The lowest BCUT2D eigenvalue weighted by atomic mass is 10.0. The van der Waals surface area contributed by atoms with E-state index in [4.69, 9.17) is 4.74 Å². The molecule has 0 aromatic carbocycles. The van der Waals surface area contributed by atoms with Crippen molar-refractivity contribution >= 4 is 15.9 Å². The highest BCUT2D eigenvalue weighted by Crippen LogP contribution is 2.19. The van der Waals surface area contributed by atoms with Crippen molar-refractivity contribution in [2.24, 2.45) is 5.92 Å². The lowest BCUT2D eigenvalue weighted by Crippen LogP contribution is -2.17. The summed E-state index contributed by atoms with van der Waals surface area (Å²) in [7, 11) is 1.76. The largest absolute Gasteiger partial charge is 0.384 e. The molecule has 2 heteroatoms. The van der Waals surface area contributed by atoms with E-state index in [1.54, 1.807) is 7.11 Å². The van der Waals surface area contributed by atoms with E-state index >= 15 is 0 Å². The fraction of sp³-hybridized carbons (Fsp3) is 1.00. The number of rotatable bonds is 5. The highest BCUT2D eigenvalue weighted by Gasteiger charge is 2.14. The van der Waals surface area contributed by atoms with Crippen molar-refractivity contribution < 1.29 is 4.74 Å². The molecule has 0 saturated carbocycles. The quantitative estimate of drug-likeness (QED) is 0.632. The van der Waals surface area contributed by atoms with Crippen molar-refractivity contribution in [2.45, 2.75) is 31.5 Å². The van der Waals surface area contributed by atoms with E-state index in [-0.39, 0.29) is 0 Å². The van der Waals surface area contributed by atoms with Gasteiger partial charge in [0.1, 0.15) is 0 Å². The number of hydrogen-bond acceptors (Lipinski definition) is 1. The molecule has 0 spiro atoms. The van der Waals surface area contributed by atoms with Crippen molar-refractivity contribution in [3.8, 4) is 0 Å². The predicted octanol–water partition coefficient (Wildman–Crippen LogP) is 2.83.